The van der Waals surface area contributed by atoms with Crippen molar-refractivity contribution in [3.8, 4) is 5.75 Å². The molecule has 0 aliphatic rings. The summed E-state index contributed by atoms with van der Waals surface area (Å²) in [6.07, 6.45) is 0.387. The molecule has 1 aromatic carbocycles. The Morgan fingerprint density at radius 3 is 2.22 bits per heavy atom. The van der Waals surface area contributed by atoms with Crippen molar-refractivity contribution in [1.29, 1.82) is 0 Å². The number of carbonyl (C=O) groups excluding carboxylic acids is 4. The number of benzene rings is 1. The molecule has 0 atom stereocenters. The zero-order chi connectivity index (χ0) is 20.4. The molecule has 0 radical (unpaired) electrons. The van der Waals surface area contributed by atoms with Crippen molar-refractivity contribution < 1.29 is 24.3 Å². The maximum atomic E-state index is 12.3. The predicted octanol–water partition coefficient (Wildman–Crippen LogP) is -0.673. The summed E-state index contributed by atoms with van der Waals surface area (Å²) in [6, 6.07) is 6.66. The van der Waals surface area contributed by atoms with Gasteiger partial charge in [0.05, 0.1) is 6.54 Å². The Morgan fingerprint density at radius 2 is 1.63 bits per heavy atom. The molecule has 9 nitrogen and oxygen atoms in total. The third-order valence-corrected chi connectivity index (χ3v) is 3.70. The molecule has 1 aromatic rings. The molecule has 0 aliphatic carbocycles. The molecule has 0 saturated heterocycles. The number of nitrogens with two attached hydrogens (primary N) is 1. The van der Waals surface area contributed by atoms with Crippen molar-refractivity contribution in [2.24, 2.45) is 5.73 Å². The molecule has 0 fully saturated rings. The van der Waals surface area contributed by atoms with E-state index in [1.807, 2.05) is 0 Å². The van der Waals surface area contributed by atoms with E-state index in [2.05, 4.69) is 16.0 Å². The van der Waals surface area contributed by atoms with E-state index in [-0.39, 0.29) is 31.0 Å². The number of phenols is 1. The lowest BCUT2D eigenvalue weighted by atomic mass is 10.0. The molecule has 27 heavy (non-hydrogen) atoms. The van der Waals surface area contributed by atoms with E-state index in [1.54, 1.807) is 38.1 Å². The van der Waals surface area contributed by atoms with Crippen molar-refractivity contribution in [3.05, 3.63) is 29.8 Å². The van der Waals surface area contributed by atoms with Crippen molar-refractivity contribution in [2.45, 2.75) is 38.6 Å². The van der Waals surface area contributed by atoms with Crippen molar-refractivity contribution in [3.63, 3.8) is 0 Å². The summed E-state index contributed by atoms with van der Waals surface area (Å²) >= 11 is 0. The van der Waals surface area contributed by atoms with E-state index in [9.17, 15) is 24.3 Å². The van der Waals surface area contributed by atoms with Crippen LogP contribution >= 0.6 is 0 Å². The first-order valence-electron chi connectivity index (χ1n) is 8.52. The third kappa shape index (κ3) is 8.70. The fourth-order valence-corrected chi connectivity index (χ4v) is 2.16. The summed E-state index contributed by atoms with van der Waals surface area (Å²) in [5, 5.41) is 16.9. The molecule has 0 saturated carbocycles. The van der Waals surface area contributed by atoms with E-state index >= 15 is 0 Å². The zero-order valence-electron chi connectivity index (χ0n) is 15.5. The molecule has 148 valence electrons. The second-order valence-corrected chi connectivity index (χ2v) is 6.59. The molecule has 0 aliphatic heterocycles. The molecule has 6 N–H and O–H groups in total. The fourth-order valence-electron chi connectivity index (χ4n) is 2.16. The van der Waals surface area contributed by atoms with Crippen molar-refractivity contribution in [2.75, 3.05) is 13.1 Å². The fraction of sp³-hybridized carbons (Fsp3) is 0.444. The predicted molar refractivity (Wildman–Crippen MR) is 98.5 cm³/mol. The number of amides is 4. The van der Waals surface area contributed by atoms with Gasteiger partial charge in [0.25, 0.3) is 0 Å². The maximum absolute atomic E-state index is 12.3. The quantitative estimate of drug-likeness (QED) is 0.366. The van der Waals surface area contributed by atoms with E-state index in [0.29, 0.717) is 13.0 Å². The molecule has 0 bridgehead atoms. The highest BCUT2D eigenvalue weighted by molar-refractivity contribution is 5.92. The van der Waals surface area contributed by atoms with E-state index in [1.165, 1.54) is 0 Å². The van der Waals surface area contributed by atoms with E-state index < -0.39 is 23.3 Å². The molecule has 0 unspecified atom stereocenters. The normalized spacial score (nSPS) is 10.7. The summed E-state index contributed by atoms with van der Waals surface area (Å²) in [4.78, 5) is 46.2. The van der Waals surface area contributed by atoms with Gasteiger partial charge in [-0.15, -0.1) is 0 Å². The second kappa shape index (κ2) is 10.1. The third-order valence-electron chi connectivity index (χ3n) is 3.70. The summed E-state index contributed by atoms with van der Waals surface area (Å²) < 4.78 is 0. The van der Waals surface area contributed by atoms with Crippen LogP contribution in [0.1, 0.15) is 32.3 Å². The molecule has 1 rings (SSSR count). The first kappa shape index (κ1) is 21.9. The van der Waals surface area contributed by atoms with Crippen LogP contribution in [0.3, 0.4) is 0 Å². The van der Waals surface area contributed by atoms with Gasteiger partial charge >= 0.3 is 0 Å². The van der Waals surface area contributed by atoms with E-state index in [4.69, 9.17) is 5.73 Å². The van der Waals surface area contributed by atoms with Crippen LogP contribution in [0.15, 0.2) is 24.3 Å². The Kier molecular flexibility index (Phi) is 8.25. The standard InChI is InChI=1S/C18H26N4O5/c1-18(2,22-16(26)11-21-15(25)8-7-14(19)24)17(27)20-10-9-12-3-5-13(23)6-4-12/h3-6,23H,7-11H2,1-2H3,(H2,19,24)(H,20,27)(H,21,25)(H,22,26). The summed E-state index contributed by atoms with van der Waals surface area (Å²) in [6.45, 7) is 3.17. The van der Waals surface area contributed by atoms with Gasteiger partial charge in [0.2, 0.25) is 23.6 Å². The number of primary amides is 1. The molecule has 0 heterocycles. The molecular formula is C18H26N4O5. The van der Waals surface area contributed by atoms with Crippen LogP contribution in [0.4, 0.5) is 0 Å². The monoisotopic (exact) mass is 378 g/mol. The largest absolute Gasteiger partial charge is 0.508 e. The lowest BCUT2D eigenvalue weighted by molar-refractivity contribution is -0.132. The Morgan fingerprint density at radius 1 is 1.00 bits per heavy atom. The van der Waals surface area contributed by atoms with Gasteiger partial charge in [-0.1, -0.05) is 12.1 Å². The highest BCUT2D eigenvalue weighted by Gasteiger charge is 2.29. The van der Waals surface area contributed by atoms with Gasteiger partial charge in [0.15, 0.2) is 0 Å². The number of hydrogen-bond acceptors (Lipinski definition) is 5. The van der Waals surface area contributed by atoms with Gasteiger partial charge < -0.3 is 26.8 Å². The van der Waals surface area contributed by atoms with Gasteiger partial charge in [0.1, 0.15) is 11.3 Å². The van der Waals surface area contributed by atoms with Crippen LogP contribution in [0.5, 0.6) is 5.75 Å². The molecular weight excluding hydrogens is 352 g/mol. The number of nitrogens with one attached hydrogen (secondary N) is 3. The van der Waals surface area contributed by atoms with Gasteiger partial charge in [-0.25, -0.2) is 0 Å². The van der Waals surface area contributed by atoms with Gasteiger partial charge in [-0.05, 0) is 38.0 Å². The minimum absolute atomic E-state index is 0.0935. The Balaban J connectivity index is 2.35. The lowest BCUT2D eigenvalue weighted by Crippen LogP contribution is -2.56. The minimum Gasteiger partial charge on any atom is -0.508 e. The van der Waals surface area contributed by atoms with Crippen LogP contribution < -0.4 is 21.7 Å². The number of carbonyl (C=O) groups is 4. The first-order chi connectivity index (χ1) is 12.6. The molecule has 4 amide bonds. The van der Waals surface area contributed by atoms with Gasteiger partial charge in [-0.2, -0.15) is 0 Å². The van der Waals surface area contributed by atoms with Crippen molar-refractivity contribution >= 4 is 23.6 Å². The molecule has 0 spiro atoms. The highest BCUT2D eigenvalue weighted by atomic mass is 16.3. The van der Waals surface area contributed by atoms with Gasteiger partial charge in [0, 0.05) is 19.4 Å². The number of phenolic OH excluding ortho intramolecular Hbond substituents is 1. The second-order valence-electron chi connectivity index (χ2n) is 6.59. The Bertz CT molecular complexity index is 685. The van der Waals surface area contributed by atoms with Crippen LogP contribution in [-0.4, -0.2) is 47.4 Å². The molecule has 0 aromatic heterocycles. The number of rotatable bonds is 10. The van der Waals surface area contributed by atoms with Crippen LogP contribution in [0, 0.1) is 0 Å². The maximum Gasteiger partial charge on any atom is 0.245 e. The van der Waals surface area contributed by atoms with Crippen LogP contribution in [0.25, 0.3) is 0 Å². The highest BCUT2D eigenvalue weighted by Crippen LogP contribution is 2.10. The summed E-state index contributed by atoms with van der Waals surface area (Å²) in [5.74, 6) is -1.79. The number of hydrogen-bond donors (Lipinski definition) is 5. The smallest absolute Gasteiger partial charge is 0.245 e. The summed E-state index contributed by atoms with van der Waals surface area (Å²) in [7, 11) is 0. The van der Waals surface area contributed by atoms with Gasteiger partial charge in [-0.3, -0.25) is 19.2 Å². The zero-order valence-corrected chi connectivity index (χ0v) is 15.5. The topological polar surface area (TPSA) is 151 Å². The first-order valence-corrected chi connectivity index (χ1v) is 8.52. The van der Waals surface area contributed by atoms with E-state index in [0.717, 1.165) is 5.56 Å². The average Bonchev–Trinajstić information content (AvgIpc) is 2.59. The lowest BCUT2D eigenvalue weighted by Gasteiger charge is -2.25. The summed E-state index contributed by atoms with van der Waals surface area (Å²) in [5.41, 5.74) is 4.73. The Hall–Kier alpha value is -3.10. The van der Waals surface area contributed by atoms with Crippen LogP contribution in [0.2, 0.25) is 0 Å². The number of aromatic hydroxyl groups is 1. The SMILES string of the molecule is CC(C)(NC(=O)CNC(=O)CCC(N)=O)C(=O)NCCc1ccc(O)cc1. The van der Waals surface area contributed by atoms with Crippen molar-refractivity contribution in [1.82, 2.24) is 16.0 Å². The Labute approximate surface area is 157 Å². The molecule has 9 heteroatoms. The van der Waals surface area contributed by atoms with Crippen LogP contribution in [-0.2, 0) is 25.6 Å². The average molecular weight is 378 g/mol. The minimum atomic E-state index is -1.16.